The maximum Gasteiger partial charge on any atom is 0.242 e. The summed E-state index contributed by atoms with van der Waals surface area (Å²) in [6.45, 7) is 7.21. The number of nitrogens with zero attached hydrogens (tertiary/aromatic N) is 3. The molecule has 1 aliphatic heterocycles. The molecule has 8 heteroatoms. The van der Waals surface area contributed by atoms with Crippen molar-refractivity contribution in [3.8, 4) is 0 Å². The molecule has 1 heterocycles. The number of nitrogens with one attached hydrogen (secondary N) is 2. The molecule has 0 bridgehead atoms. The zero-order valence-corrected chi connectivity index (χ0v) is 16.1. The Labute approximate surface area is 159 Å². The van der Waals surface area contributed by atoms with Gasteiger partial charge in [-0.15, -0.1) is 0 Å². The number of piperazine rings is 1. The number of guanidine groups is 1. The van der Waals surface area contributed by atoms with Crippen molar-refractivity contribution in [2.24, 2.45) is 4.99 Å². The minimum atomic E-state index is -0.129. The van der Waals surface area contributed by atoms with Gasteiger partial charge in [-0.05, 0) is 31.5 Å². The van der Waals surface area contributed by atoms with E-state index in [0.29, 0.717) is 43.7 Å². The van der Waals surface area contributed by atoms with Crippen LogP contribution in [0.25, 0.3) is 0 Å². The average Bonchev–Trinajstić information content (AvgIpc) is 2.62. The zero-order chi connectivity index (χ0) is 18.9. The lowest BCUT2D eigenvalue weighted by Gasteiger charge is -2.36. The van der Waals surface area contributed by atoms with Gasteiger partial charge in [0.15, 0.2) is 5.96 Å². The highest BCUT2D eigenvalue weighted by atomic mass is 35.5. The second-order valence-corrected chi connectivity index (χ2v) is 6.42. The van der Waals surface area contributed by atoms with Crippen molar-refractivity contribution >= 4 is 29.4 Å². The van der Waals surface area contributed by atoms with Crippen LogP contribution >= 0.6 is 11.6 Å². The number of rotatable bonds is 6. The van der Waals surface area contributed by atoms with Crippen LogP contribution in [-0.4, -0.2) is 66.8 Å². The van der Waals surface area contributed by atoms with Gasteiger partial charge >= 0.3 is 0 Å². The number of halogens is 1. The van der Waals surface area contributed by atoms with Gasteiger partial charge in [-0.25, -0.2) is 4.99 Å². The van der Waals surface area contributed by atoms with E-state index in [9.17, 15) is 9.59 Å². The minimum absolute atomic E-state index is 0.0369. The van der Waals surface area contributed by atoms with E-state index in [1.54, 1.807) is 0 Å². The molecule has 1 aromatic rings. The molecule has 1 aromatic carbocycles. The number of benzene rings is 1. The van der Waals surface area contributed by atoms with E-state index in [4.69, 9.17) is 11.6 Å². The standard InChI is InChI=1S/C18H26ClN5O2/c1-3-20-16(25)11-22-18(21-4-2)24-10-9-23(17(26)13-24)12-14-5-7-15(19)8-6-14/h5-8H,3-4,9-13H2,1-2H3,(H,20,25)(H,21,22). The van der Waals surface area contributed by atoms with Gasteiger partial charge in [0.25, 0.3) is 0 Å². The summed E-state index contributed by atoms with van der Waals surface area (Å²) in [6.07, 6.45) is 0. The number of likely N-dealkylation sites (N-methyl/N-ethyl adjacent to an activating group) is 1. The Morgan fingerprint density at radius 3 is 2.46 bits per heavy atom. The van der Waals surface area contributed by atoms with E-state index >= 15 is 0 Å². The molecule has 2 N–H and O–H groups in total. The van der Waals surface area contributed by atoms with Gasteiger partial charge in [0, 0.05) is 37.7 Å². The highest BCUT2D eigenvalue weighted by molar-refractivity contribution is 6.30. The van der Waals surface area contributed by atoms with Crippen LogP contribution in [0.2, 0.25) is 5.02 Å². The van der Waals surface area contributed by atoms with Gasteiger partial charge in [0.1, 0.15) is 6.54 Å². The van der Waals surface area contributed by atoms with Crippen LogP contribution < -0.4 is 10.6 Å². The summed E-state index contributed by atoms with van der Waals surface area (Å²) in [6, 6.07) is 7.52. The lowest BCUT2D eigenvalue weighted by molar-refractivity contribution is -0.135. The molecule has 142 valence electrons. The van der Waals surface area contributed by atoms with Crippen LogP contribution in [0.3, 0.4) is 0 Å². The Balaban J connectivity index is 1.95. The maximum absolute atomic E-state index is 12.5. The van der Waals surface area contributed by atoms with Gasteiger partial charge in [0.05, 0.1) is 6.54 Å². The Morgan fingerprint density at radius 2 is 1.85 bits per heavy atom. The number of aliphatic imine (C=N–C) groups is 1. The van der Waals surface area contributed by atoms with Crippen molar-refractivity contribution in [3.05, 3.63) is 34.9 Å². The Bertz CT molecular complexity index is 647. The first-order valence-corrected chi connectivity index (χ1v) is 9.23. The summed E-state index contributed by atoms with van der Waals surface area (Å²) in [5, 5.41) is 6.55. The van der Waals surface area contributed by atoms with Crippen molar-refractivity contribution in [2.75, 3.05) is 39.3 Å². The van der Waals surface area contributed by atoms with Crippen molar-refractivity contribution in [3.63, 3.8) is 0 Å². The molecule has 0 atom stereocenters. The summed E-state index contributed by atoms with van der Waals surface area (Å²) < 4.78 is 0. The van der Waals surface area contributed by atoms with Crippen LogP contribution in [0.4, 0.5) is 0 Å². The SMILES string of the molecule is CCNC(=O)CN=C(NCC)N1CCN(Cc2ccc(Cl)cc2)C(=O)C1. The number of hydrogen-bond acceptors (Lipinski definition) is 3. The van der Waals surface area contributed by atoms with E-state index in [1.165, 1.54) is 0 Å². The van der Waals surface area contributed by atoms with Gasteiger partial charge in [-0.1, -0.05) is 23.7 Å². The Kier molecular flexibility index (Phi) is 7.72. The molecule has 26 heavy (non-hydrogen) atoms. The molecule has 0 aromatic heterocycles. The maximum atomic E-state index is 12.5. The summed E-state index contributed by atoms with van der Waals surface area (Å²) in [4.78, 5) is 32.2. The molecule has 0 saturated carbocycles. The Morgan fingerprint density at radius 1 is 1.15 bits per heavy atom. The number of carbonyl (C=O) groups is 2. The minimum Gasteiger partial charge on any atom is -0.356 e. The van der Waals surface area contributed by atoms with E-state index in [1.807, 2.05) is 47.9 Å². The van der Waals surface area contributed by atoms with Crippen molar-refractivity contribution in [2.45, 2.75) is 20.4 Å². The largest absolute Gasteiger partial charge is 0.356 e. The predicted molar refractivity (Wildman–Crippen MR) is 103 cm³/mol. The fraction of sp³-hybridized carbons (Fsp3) is 0.500. The first-order valence-electron chi connectivity index (χ1n) is 8.85. The first kappa shape index (κ1) is 20.0. The fourth-order valence-electron chi connectivity index (χ4n) is 2.69. The smallest absolute Gasteiger partial charge is 0.242 e. The molecular weight excluding hydrogens is 354 g/mol. The van der Waals surface area contributed by atoms with Crippen LogP contribution in [0.1, 0.15) is 19.4 Å². The quantitative estimate of drug-likeness (QED) is 0.573. The highest BCUT2D eigenvalue weighted by Crippen LogP contribution is 2.13. The van der Waals surface area contributed by atoms with Gasteiger partial charge in [0.2, 0.25) is 11.8 Å². The lowest BCUT2D eigenvalue weighted by atomic mass is 10.2. The predicted octanol–water partition coefficient (Wildman–Crippen LogP) is 1.09. The summed E-state index contributed by atoms with van der Waals surface area (Å²) >= 11 is 5.90. The van der Waals surface area contributed by atoms with Crippen molar-refractivity contribution in [1.29, 1.82) is 0 Å². The van der Waals surface area contributed by atoms with Crippen molar-refractivity contribution in [1.82, 2.24) is 20.4 Å². The van der Waals surface area contributed by atoms with Gasteiger partial charge in [-0.2, -0.15) is 0 Å². The Hall–Kier alpha value is -2.28. The van der Waals surface area contributed by atoms with E-state index in [0.717, 1.165) is 5.56 Å². The van der Waals surface area contributed by atoms with E-state index < -0.39 is 0 Å². The van der Waals surface area contributed by atoms with Gasteiger partial charge in [-0.3, -0.25) is 9.59 Å². The molecule has 1 aliphatic rings. The molecule has 0 spiro atoms. The topological polar surface area (TPSA) is 77.0 Å². The number of amides is 2. The second-order valence-electron chi connectivity index (χ2n) is 5.99. The van der Waals surface area contributed by atoms with Crippen LogP contribution in [0, 0.1) is 0 Å². The number of carbonyl (C=O) groups excluding carboxylic acids is 2. The third kappa shape index (κ3) is 5.91. The zero-order valence-electron chi connectivity index (χ0n) is 15.3. The first-order chi connectivity index (χ1) is 12.5. The molecule has 2 amide bonds. The van der Waals surface area contributed by atoms with Crippen molar-refractivity contribution < 1.29 is 9.59 Å². The van der Waals surface area contributed by atoms with Crippen LogP contribution in [0.5, 0.6) is 0 Å². The molecule has 0 unspecified atom stereocenters. The molecule has 0 aliphatic carbocycles. The monoisotopic (exact) mass is 379 g/mol. The molecule has 2 rings (SSSR count). The van der Waals surface area contributed by atoms with E-state index in [2.05, 4.69) is 15.6 Å². The average molecular weight is 380 g/mol. The summed E-state index contributed by atoms with van der Waals surface area (Å²) in [5.41, 5.74) is 1.05. The second kappa shape index (κ2) is 10.0. The molecule has 0 radical (unpaired) electrons. The van der Waals surface area contributed by atoms with Gasteiger partial charge < -0.3 is 20.4 Å². The molecular formula is C18H26ClN5O2. The number of hydrogen-bond donors (Lipinski definition) is 2. The summed E-state index contributed by atoms with van der Waals surface area (Å²) in [7, 11) is 0. The lowest BCUT2D eigenvalue weighted by Crippen LogP contribution is -2.55. The third-order valence-electron chi connectivity index (χ3n) is 3.99. The normalized spacial score (nSPS) is 15.2. The van der Waals surface area contributed by atoms with Crippen LogP contribution in [0.15, 0.2) is 29.3 Å². The highest BCUT2D eigenvalue weighted by Gasteiger charge is 2.26. The molecule has 1 fully saturated rings. The fourth-order valence-corrected chi connectivity index (χ4v) is 2.82. The summed E-state index contributed by atoms with van der Waals surface area (Å²) in [5.74, 6) is 0.503. The van der Waals surface area contributed by atoms with E-state index in [-0.39, 0.29) is 24.9 Å². The molecule has 1 saturated heterocycles. The third-order valence-corrected chi connectivity index (χ3v) is 4.24. The van der Waals surface area contributed by atoms with Crippen LogP contribution in [-0.2, 0) is 16.1 Å². The molecule has 7 nitrogen and oxygen atoms in total.